The Morgan fingerprint density at radius 1 is 0.603 bits per heavy atom. The molecule has 63 heavy (non-hydrogen) atoms. The van der Waals surface area contributed by atoms with E-state index in [1.54, 1.807) is 64.0 Å². The molecule has 10 heterocycles. The molecule has 1 N–H and O–H groups in total. The molecule has 2 aromatic carbocycles. The zero-order chi connectivity index (χ0) is 42.5. The maximum absolute atomic E-state index is 15.1. The van der Waals surface area contributed by atoms with Gasteiger partial charge >= 0.3 is 12.6 Å². The Morgan fingerprint density at radius 3 is 1.92 bits per heavy atom. The Morgan fingerprint density at radius 2 is 1.22 bits per heavy atom. The number of fused-ring (bicyclic) bond motifs is 4. The van der Waals surface area contributed by atoms with E-state index in [4.69, 9.17) is 28.9 Å². The Balaban J connectivity index is 0.981. The SMILES string of the molecule is FC1(F)Oc2cc(-n3cc(-c4cccc5c4OC(F)(F)O5)c4cc(-c5ccc(CN6CCCC6)s5)cnc43)cc(-c3c[nH]c4ncc(-c5ccc(CN6CCCCC6)s5)cc34)c2O1. The van der Waals surface area contributed by atoms with Crippen LogP contribution in [-0.2, 0) is 13.1 Å². The quantitative estimate of drug-likeness (QED) is 0.143. The van der Waals surface area contributed by atoms with Gasteiger partial charge in [-0.05, 0) is 100 Å². The van der Waals surface area contributed by atoms with E-state index in [2.05, 4.69) is 39.0 Å². The van der Waals surface area contributed by atoms with Gasteiger partial charge in [-0.1, -0.05) is 18.6 Å². The highest BCUT2D eigenvalue weighted by molar-refractivity contribution is 7.15. The first kappa shape index (κ1) is 38.7. The molecular formula is C47H38F4N6O4S2. The van der Waals surface area contributed by atoms with Crippen LogP contribution in [0, 0.1) is 0 Å². The number of halogens is 4. The number of thiophene rings is 2. The van der Waals surface area contributed by atoms with E-state index < -0.39 is 12.6 Å². The number of aromatic amines is 1. The van der Waals surface area contributed by atoms with Crippen LogP contribution < -0.4 is 18.9 Å². The van der Waals surface area contributed by atoms with Crippen molar-refractivity contribution in [3.05, 3.63) is 101 Å². The maximum Gasteiger partial charge on any atom is 0.586 e. The van der Waals surface area contributed by atoms with E-state index in [9.17, 15) is 8.78 Å². The van der Waals surface area contributed by atoms with Gasteiger partial charge in [-0.3, -0.25) is 9.80 Å². The topological polar surface area (TPSA) is 89.9 Å². The first-order valence-corrected chi connectivity index (χ1v) is 22.7. The van der Waals surface area contributed by atoms with E-state index >= 15 is 8.78 Å². The monoisotopic (exact) mass is 890 g/mol. The molecule has 0 bridgehead atoms. The van der Waals surface area contributed by atoms with Crippen LogP contribution in [0.4, 0.5) is 17.6 Å². The molecule has 6 aromatic heterocycles. The molecule has 2 saturated heterocycles. The molecule has 320 valence electrons. The van der Waals surface area contributed by atoms with Crippen molar-refractivity contribution in [1.29, 1.82) is 0 Å². The van der Waals surface area contributed by atoms with Gasteiger partial charge in [0.05, 0.1) is 5.69 Å². The first-order valence-electron chi connectivity index (χ1n) is 21.0. The van der Waals surface area contributed by atoms with Crippen LogP contribution in [-0.4, -0.2) is 68.1 Å². The molecule has 0 amide bonds. The standard InChI is InChI=1S/C47H38F4N6O4S2/c48-46(49)58-38-8-6-7-32(42(38)60-46)37-26-57(45-35(37)18-28(22-54-45)41-12-10-31(63-41)25-56-15-4-5-16-56)29-19-33(43-39(20-29)59-47(50,51)61-43)36-23-53-44-34(36)17-27(21-52-44)40-11-9-30(62-40)24-55-13-2-1-3-14-55/h6-12,17-23,26H,1-5,13-16,24-25H2,(H,52,53). The summed E-state index contributed by atoms with van der Waals surface area (Å²) in [6, 6.07) is 20.4. The lowest BCUT2D eigenvalue weighted by Crippen LogP contribution is -2.28. The Bertz CT molecular complexity index is 3070. The van der Waals surface area contributed by atoms with Crippen molar-refractivity contribution in [3.63, 3.8) is 0 Å². The predicted octanol–water partition coefficient (Wildman–Crippen LogP) is 11.9. The van der Waals surface area contributed by atoms with Crippen molar-refractivity contribution in [2.24, 2.45) is 0 Å². The number of hydrogen-bond acceptors (Lipinski definition) is 10. The molecule has 4 aliphatic rings. The fraction of sp³-hybridized carbons (Fsp3) is 0.277. The van der Waals surface area contributed by atoms with Gasteiger partial charge in [0.2, 0.25) is 0 Å². The fourth-order valence-corrected chi connectivity index (χ4v) is 11.4. The number of nitrogens with one attached hydrogen (secondary N) is 1. The van der Waals surface area contributed by atoms with Crippen LogP contribution in [0.5, 0.6) is 23.0 Å². The fourth-order valence-electron chi connectivity index (χ4n) is 9.31. The molecule has 0 atom stereocenters. The highest BCUT2D eigenvalue weighted by Crippen LogP contribution is 2.52. The number of alkyl halides is 4. The number of H-pyrrole nitrogens is 1. The molecule has 12 rings (SSSR count). The number of benzene rings is 2. The van der Waals surface area contributed by atoms with Crippen LogP contribution in [0.25, 0.3) is 70.9 Å². The molecule has 0 aliphatic carbocycles. The highest BCUT2D eigenvalue weighted by atomic mass is 32.1. The van der Waals surface area contributed by atoms with E-state index in [0.717, 1.165) is 60.1 Å². The van der Waals surface area contributed by atoms with E-state index in [1.165, 1.54) is 54.0 Å². The molecular weight excluding hydrogens is 853 g/mol. The van der Waals surface area contributed by atoms with E-state index in [1.807, 2.05) is 18.3 Å². The predicted molar refractivity (Wildman–Crippen MR) is 234 cm³/mol. The molecule has 0 saturated carbocycles. The van der Waals surface area contributed by atoms with Crippen molar-refractivity contribution in [3.8, 4) is 71.8 Å². The molecule has 0 unspecified atom stereocenters. The smallest absolute Gasteiger partial charge is 0.395 e. The van der Waals surface area contributed by atoms with Gasteiger partial charge in [-0.2, -0.15) is 0 Å². The minimum absolute atomic E-state index is 0.104. The molecule has 8 aromatic rings. The second kappa shape index (κ2) is 14.8. The Kier molecular flexibility index (Phi) is 9.11. The second-order valence-corrected chi connectivity index (χ2v) is 18.8. The third-order valence-electron chi connectivity index (χ3n) is 12.2. The summed E-state index contributed by atoms with van der Waals surface area (Å²) in [4.78, 5) is 22.4. The third kappa shape index (κ3) is 7.09. The van der Waals surface area contributed by atoms with Crippen LogP contribution >= 0.6 is 22.7 Å². The maximum atomic E-state index is 15.1. The third-order valence-corrected chi connectivity index (χ3v) is 14.5. The average molecular weight is 891 g/mol. The van der Waals surface area contributed by atoms with Crippen LogP contribution in [0.2, 0.25) is 0 Å². The number of aromatic nitrogens is 4. The highest BCUT2D eigenvalue weighted by Gasteiger charge is 2.46. The molecule has 10 nitrogen and oxygen atoms in total. The molecule has 0 radical (unpaired) electrons. The van der Waals surface area contributed by atoms with Gasteiger partial charge in [0, 0.05) is 108 Å². The number of pyridine rings is 2. The number of hydrogen-bond donors (Lipinski definition) is 1. The second-order valence-electron chi connectivity index (χ2n) is 16.5. The normalized spacial score (nSPS) is 18.0. The van der Waals surface area contributed by atoms with Gasteiger partial charge in [0.1, 0.15) is 11.3 Å². The summed E-state index contributed by atoms with van der Waals surface area (Å²) >= 11 is 3.41. The number of para-hydroxylation sites is 1. The van der Waals surface area contributed by atoms with Crippen LogP contribution in [0.3, 0.4) is 0 Å². The summed E-state index contributed by atoms with van der Waals surface area (Å²) in [6.45, 7) is 6.14. The Labute approximate surface area is 366 Å². The van der Waals surface area contributed by atoms with Crippen molar-refractivity contribution < 1.29 is 36.5 Å². The average Bonchev–Trinajstić information content (AvgIpc) is 4.14. The van der Waals surface area contributed by atoms with Crippen molar-refractivity contribution in [2.75, 3.05) is 26.2 Å². The van der Waals surface area contributed by atoms with Gasteiger partial charge < -0.3 is 28.5 Å². The molecule has 16 heteroatoms. The van der Waals surface area contributed by atoms with Gasteiger partial charge in [-0.15, -0.1) is 40.2 Å². The Hall–Kier alpha value is -5.94. The lowest BCUT2D eigenvalue weighted by Gasteiger charge is -2.25. The van der Waals surface area contributed by atoms with Crippen molar-refractivity contribution >= 4 is 44.7 Å². The van der Waals surface area contributed by atoms with Crippen molar-refractivity contribution in [2.45, 2.75) is 57.8 Å². The van der Waals surface area contributed by atoms with Crippen LogP contribution in [0.15, 0.2) is 91.5 Å². The summed E-state index contributed by atoms with van der Waals surface area (Å²) in [5.74, 6) is -0.521. The minimum Gasteiger partial charge on any atom is -0.395 e. The number of nitrogens with zero attached hydrogens (tertiary/aromatic N) is 5. The first-order chi connectivity index (χ1) is 30.6. The van der Waals surface area contributed by atoms with Crippen LogP contribution in [0.1, 0.15) is 41.9 Å². The number of rotatable bonds is 9. The molecule has 0 spiro atoms. The summed E-state index contributed by atoms with van der Waals surface area (Å²) in [6.07, 6.45) is 5.39. The van der Waals surface area contributed by atoms with Crippen molar-refractivity contribution in [1.82, 2.24) is 29.3 Å². The lowest BCUT2D eigenvalue weighted by molar-refractivity contribution is -0.287. The lowest BCUT2D eigenvalue weighted by atomic mass is 10.0. The summed E-state index contributed by atoms with van der Waals surface area (Å²) in [7, 11) is 0. The minimum atomic E-state index is -3.93. The zero-order valence-corrected chi connectivity index (χ0v) is 35.3. The summed E-state index contributed by atoms with van der Waals surface area (Å²) in [5, 5.41) is 1.32. The largest absolute Gasteiger partial charge is 0.586 e. The number of piperidine rings is 1. The number of likely N-dealkylation sites (tertiary alicyclic amines) is 2. The summed E-state index contributed by atoms with van der Waals surface area (Å²) < 4.78 is 81.3. The molecule has 4 aliphatic heterocycles. The number of ether oxygens (including phenoxy) is 4. The van der Waals surface area contributed by atoms with Gasteiger partial charge in [0.25, 0.3) is 0 Å². The van der Waals surface area contributed by atoms with E-state index in [-0.39, 0.29) is 23.0 Å². The van der Waals surface area contributed by atoms with E-state index in [0.29, 0.717) is 50.0 Å². The summed E-state index contributed by atoms with van der Waals surface area (Å²) in [5.41, 5.74) is 4.96. The molecule has 2 fully saturated rings. The van der Waals surface area contributed by atoms with Gasteiger partial charge in [-0.25, -0.2) is 9.97 Å². The van der Waals surface area contributed by atoms with Gasteiger partial charge in [0.15, 0.2) is 23.0 Å². The zero-order valence-electron chi connectivity index (χ0n) is 33.6.